The van der Waals surface area contributed by atoms with E-state index in [2.05, 4.69) is 18.5 Å². The molecule has 0 aliphatic carbocycles. The zero-order valence-corrected chi connectivity index (χ0v) is 13.6. The number of thiocarbonyl (C=S) groups is 1. The molecule has 0 radical (unpaired) electrons. The molecular weight excluding hydrogens is 288 g/mol. The van der Waals surface area contributed by atoms with E-state index in [1.165, 1.54) is 0 Å². The second-order valence-electron chi connectivity index (χ2n) is 4.77. The number of nitrogens with one attached hydrogen (secondary N) is 1. The molecule has 1 amide bonds. The minimum Gasteiger partial charge on any atom is -0.393 e. The Labute approximate surface area is 130 Å². The van der Waals surface area contributed by atoms with E-state index in [-0.39, 0.29) is 10.9 Å². The smallest absolute Gasteiger partial charge is 0.230 e. The van der Waals surface area contributed by atoms with Gasteiger partial charge in [-0.15, -0.1) is 0 Å². The zero-order valence-electron chi connectivity index (χ0n) is 12.0. The molecule has 5 heteroatoms. The normalized spacial score (nSPS) is 13.5. The van der Waals surface area contributed by atoms with Crippen molar-refractivity contribution in [1.82, 2.24) is 5.32 Å². The first kappa shape index (κ1) is 17.0. The van der Waals surface area contributed by atoms with Gasteiger partial charge >= 0.3 is 0 Å². The van der Waals surface area contributed by atoms with Crippen LogP contribution in [0.15, 0.2) is 30.3 Å². The number of amides is 1. The summed E-state index contributed by atoms with van der Waals surface area (Å²) in [5.74, 6) is -0.508. The van der Waals surface area contributed by atoms with Gasteiger partial charge in [-0.1, -0.05) is 49.5 Å². The van der Waals surface area contributed by atoms with Crippen molar-refractivity contribution in [3.63, 3.8) is 0 Å². The third kappa shape index (κ3) is 5.92. The fourth-order valence-corrected chi connectivity index (χ4v) is 2.36. The summed E-state index contributed by atoms with van der Waals surface area (Å²) < 4.78 is 0. The summed E-state index contributed by atoms with van der Waals surface area (Å²) in [6.45, 7) is 2.81. The Hall–Kier alpha value is -1.07. The average Bonchev–Trinajstić information content (AvgIpc) is 2.45. The van der Waals surface area contributed by atoms with Gasteiger partial charge in [-0.25, -0.2) is 0 Å². The van der Waals surface area contributed by atoms with E-state index in [0.29, 0.717) is 18.2 Å². The maximum atomic E-state index is 12.2. The Morgan fingerprint density at radius 1 is 1.40 bits per heavy atom. The molecule has 0 heterocycles. The largest absolute Gasteiger partial charge is 0.393 e. The van der Waals surface area contributed by atoms with Crippen LogP contribution in [0.25, 0.3) is 0 Å². The number of benzene rings is 1. The average molecular weight is 310 g/mol. The van der Waals surface area contributed by atoms with Gasteiger partial charge in [-0.05, 0) is 24.7 Å². The lowest BCUT2D eigenvalue weighted by Crippen LogP contribution is -2.39. The van der Waals surface area contributed by atoms with Crippen molar-refractivity contribution in [3.8, 4) is 0 Å². The highest BCUT2D eigenvalue weighted by atomic mass is 32.2. The molecular formula is C15H22N2OS2. The number of thioether (sulfide) groups is 1. The van der Waals surface area contributed by atoms with E-state index in [0.717, 1.165) is 12.0 Å². The molecule has 0 aliphatic rings. The van der Waals surface area contributed by atoms with Crippen LogP contribution in [0.1, 0.15) is 18.9 Å². The fraction of sp³-hybridized carbons (Fsp3) is 0.467. The summed E-state index contributed by atoms with van der Waals surface area (Å²) in [7, 11) is 0. The predicted molar refractivity (Wildman–Crippen MR) is 91.0 cm³/mol. The Morgan fingerprint density at radius 3 is 2.60 bits per heavy atom. The van der Waals surface area contributed by atoms with E-state index in [1.54, 1.807) is 11.8 Å². The number of carbonyl (C=O) groups is 1. The highest BCUT2D eigenvalue weighted by molar-refractivity contribution is 7.99. The van der Waals surface area contributed by atoms with Crippen molar-refractivity contribution in [3.05, 3.63) is 35.9 Å². The fourth-order valence-electron chi connectivity index (χ4n) is 1.81. The zero-order chi connectivity index (χ0) is 15.0. The molecule has 0 fully saturated rings. The first-order valence-corrected chi connectivity index (χ1v) is 8.38. The van der Waals surface area contributed by atoms with Crippen LogP contribution in [-0.2, 0) is 11.2 Å². The van der Waals surface area contributed by atoms with Crippen molar-refractivity contribution < 1.29 is 4.79 Å². The molecule has 110 valence electrons. The Morgan fingerprint density at radius 2 is 2.05 bits per heavy atom. The summed E-state index contributed by atoms with van der Waals surface area (Å²) in [6.07, 6.45) is 3.57. The number of nitrogens with two attached hydrogens (primary N) is 1. The van der Waals surface area contributed by atoms with Crippen molar-refractivity contribution >= 4 is 34.9 Å². The van der Waals surface area contributed by atoms with Gasteiger partial charge in [0.2, 0.25) is 5.91 Å². The lowest BCUT2D eigenvalue weighted by molar-refractivity contribution is -0.122. The molecule has 3 nitrogen and oxygen atoms in total. The maximum absolute atomic E-state index is 12.2. The van der Waals surface area contributed by atoms with Gasteiger partial charge in [0, 0.05) is 11.8 Å². The van der Waals surface area contributed by atoms with E-state index in [1.807, 2.05) is 30.3 Å². The summed E-state index contributed by atoms with van der Waals surface area (Å²) in [6, 6.07) is 9.81. The number of carbonyl (C=O) groups excluding carboxylic acids is 1. The molecule has 0 aliphatic heterocycles. The standard InChI is InChI=1S/C15H22N2OS2/c1-11(20-2)8-9-17-15(18)13(14(16)19)10-12-6-4-3-5-7-12/h3-7,11,13H,8-10H2,1-2H3,(H2,16,19)(H,17,18). The summed E-state index contributed by atoms with van der Waals surface area (Å²) in [5.41, 5.74) is 6.78. The molecule has 1 aromatic carbocycles. The Kier molecular flexibility index (Phi) is 7.62. The Balaban J connectivity index is 2.53. The first-order chi connectivity index (χ1) is 9.54. The molecule has 3 N–H and O–H groups in total. The van der Waals surface area contributed by atoms with Gasteiger partial charge in [0.05, 0.1) is 10.9 Å². The van der Waals surface area contributed by atoms with E-state index >= 15 is 0 Å². The van der Waals surface area contributed by atoms with Crippen LogP contribution in [0, 0.1) is 5.92 Å². The molecule has 0 saturated heterocycles. The third-order valence-corrected chi connectivity index (χ3v) is 4.52. The van der Waals surface area contributed by atoms with Crippen LogP contribution < -0.4 is 11.1 Å². The topological polar surface area (TPSA) is 55.1 Å². The molecule has 1 aromatic rings. The van der Waals surface area contributed by atoms with Crippen LogP contribution >= 0.6 is 24.0 Å². The van der Waals surface area contributed by atoms with Crippen molar-refractivity contribution in [1.29, 1.82) is 0 Å². The van der Waals surface area contributed by atoms with Crippen LogP contribution in [0.4, 0.5) is 0 Å². The molecule has 2 unspecified atom stereocenters. The van der Waals surface area contributed by atoms with Gasteiger partial charge in [0.15, 0.2) is 0 Å². The van der Waals surface area contributed by atoms with E-state index in [9.17, 15) is 4.79 Å². The Bertz CT molecular complexity index is 437. The van der Waals surface area contributed by atoms with Crippen LogP contribution in [0.5, 0.6) is 0 Å². The van der Waals surface area contributed by atoms with Crippen LogP contribution in [-0.4, -0.2) is 28.9 Å². The molecule has 2 atom stereocenters. The highest BCUT2D eigenvalue weighted by Gasteiger charge is 2.21. The minimum atomic E-state index is -0.433. The van der Waals surface area contributed by atoms with Gasteiger partial charge < -0.3 is 11.1 Å². The molecule has 20 heavy (non-hydrogen) atoms. The van der Waals surface area contributed by atoms with Crippen molar-refractivity contribution in [2.45, 2.75) is 25.0 Å². The van der Waals surface area contributed by atoms with Gasteiger partial charge in [0.25, 0.3) is 0 Å². The number of hydrogen-bond donors (Lipinski definition) is 2. The molecule has 0 spiro atoms. The first-order valence-electron chi connectivity index (χ1n) is 6.68. The van der Waals surface area contributed by atoms with Gasteiger partial charge in [-0.2, -0.15) is 11.8 Å². The second kappa shape index (κ2) is 8.97. The lowest BCUT2D eigenvalue weighted by Gasteiger charge is -2.16. The van der Waals surface area contributed by atoms with E-state index in [4.69, 9.17) is 18.0 Å². The van der Waals surface area contributed by atoms with Crippen molar-refractivity contribution in [2.24, 2.45) is 11.7 Å². The highest BCUT2D eigenvalue weighted by Crippen LogP contribution is 2.11. The van der Waals surface area contributed by atoms with Crippen molar-refractivity contribution in [2.75, 3.05) is 12.8 Å². The monoisotopic (exact) mass is 310 g/mol. The molecule has 1 rings (SSSR count). The van der Waals surface area contributed by atoms with Gasteiger partial charge in [0.1, 0.15) is 0 Å². The predicted octanol–water partition coefficient (Wildman–Crippen LogP) is 2.39. The number of rotatable bonds is 8. The maximum Gasteiger partial charge on any atom is 0.230 e. The summed E-state index contributed by atoms with van der Waals surface area (Å²) in [5, 5.41) is 3.46. The van der Waals surface area contributed by atoms with Crippen LogP contribution in [0.3, 0.4) is 0 Å². The van der Waals surface area contributed by atoms with Gasteiger partial charge in [-0.3, -0.25) is 4.79 Å². The quantitative estimate of drug-likeness (QED) is 0.724. The minimum absolute atomic E-state index is 0.0744. The second-order valence-corrected chi connectivity index (χ2v) is 6.52. The molecule has 0 bridgehead atoms. The number of hydrogen-bond acceptors (Lipinski definition) is 3. The lowest BCUT2D eigenvalue weighted by atomic mass is 9.98. The summed E-state index contributed by atoms with van der Waals surface area (Å²) >= 11 is 6.82. The van der Waals surface area contributed by atoms with E-state index < -0.39 is 5.92 Å². The third-order valence-electron chi connectivity index (χ3n) is 3.20. The SMILES string of the molecule is CSC(C)CCNC(=O)C(Cc1ccccc1)C(N)=S. The van der Waals surface area contributed by atoms with Crippen LogP contribution in [0.2, 0.25) is 0 Å². The summed E-state index contributed by atoms with van der Waals surface area (Å²) in [4.78, 5) is 12.4. The molecule has 0 aromatic heterocycles. The molecule has 0 saturated carbocycles.